The summed E-state index contributed by atoms with van der Waals surface area (Å²) in [4.78, 5) is 10.8. The number of rotatable bonds is 4. The van der Waals surface area contributed by atoms with E-state index in [-0.39, 0.29) is 0 Å². The van der Waals surface area contributed by atoms with Crippen molar-refractivity contribution >= 4 is 34.2 Å². The molecule has 0 spiro atoms. The second-order valence-electron chi connectivity index (χ2n) is 3.68. The predicted molar refractivity (Wildman–Crippen MR) is 78.5 cm³/mol. The molecule has 3 nitrogen and oxygen atoms in total. The van der Waals surface area contributed by atoms with Crippen molar-refractivity contribution in [1.29, 1.82) is 0 Å². The third kappa shape index (κ3) is 3.15. The van der Waals surface area contributed by atoms with Gasteiger partial charge in [0.1, 0.15) is 0 Å². The molecule has 0 bridgehead atoms. The number of aromatic nitrogens is 2. The summed E-state index contributed by atoms with van der Waals surface area (Å²) in [7, 11) is 0. The molecule has 0 radical (unpaired) electrons. The van der Waals surface area contributed by atoms with Gasteiger partial charge < -0.3 is 4.90 Å². The lowest BCUT2D eigenvalue weighted by molar-refractivity contribution is 0.852. The van der Waals surface area contributed by atoms with Crippen LogP contribution >= 0.6 is 22.6 Å². The molecule has 0 amide bonds. The van der Waals surface area contributed by atoms with Crippen molar-refractivity contribution in [2.24, 2.45) is 0 Å². The van der Waals surface area contributed by atoms with Crippen LogP contribution in [0.2, 0.25) is 0 Å². The Balaban J connectivity index is 2.32. The van der Waals surface area contributed by atoms with E-state index in [4.69, 9.17) is 0 Å². The van der Waals surface area contributed by atoms with Gasteiger partial charge in [-0.05, 0) is 59.3 Å². The molecule has 0 saturated heterocycles. The molecule has 17 heavy (non-hydrogen) atoms. The standard InChI is InChI=1S/C13H14IN3/c1-2-10-17(13-15-8-3-9-16-13)12-6-4-11(14)5-7-12/h3-9H,2,10H2,1H3. The van der Waals surface area contributed by atoms with Gasteiger partial charge in [0.25, 0.3) is 0 Å². The molecule has 1 heterocycles. The molecule has 2 aromatic rings. The van der Waals surface area contributed by atoms with Gasteiger partial charge in [0, 0.05) is 28.2 Å². The normalized spacial score (nSPS) is 10.2. The smallest absolute Gasteiger partial charge is 0.229 e. The first-order valence-electron chi connectivity index (χ1n) is 5.61. The topological polar surface area (TPSA) is 29.0 Å². The van der Waals surface area contributed by atoms with E-state index in [1.807, 2.05) is 6.07 Å². The molecular weight excluding hydrogens is 325 g/mol. The Kier molecular flexibility index (Phi) is 4.30. The fourth-order valence-corrected chi connectivity index (χ4v) is 1.98. The zero-order valence-electron chi connectivity index (χ0n) is 9.68. The summed E-state index contributed by atoms with van der Waals surface area (Å²) in [6.07, 6.45) is 4.61. The van der Waals surface area contributed by atoms with Crippen molar-refractivity contribution in [3.05, 3.63) is 46.3 Å². The average molecular weight is 339 g/mol. The van der Waals surface area contributed by atoms with Gasteiger partial charge >= 0.3 is 0 Å². The van der Waals surface area contributed by atoms with Crippen LogP contribution in [0.15, 0.2) is 42.7 Å². The van der Waals surface area contributed by atoms with Crippen LogP contribution in [-0.4, -0.2) is 16.5 Å². The highest BCUT2D eigenvalue weighted by Gasteiger charge is 2.09. The van der Waals surface area contributed by atoms with E-state index in [0.29, 0.717) is 0 Å². The number of halogens is 1. The molecule has 0 fully saturated rings. The molecule has 2 rings (SSSR count). The number of hydrogen-bond donors (Lipinski definition) is 0. The zero-order chi connectivity index (χ0) is 12.1. The average Bonchev–Trinajstić information content (AvgIpc) is 2.38. The van der Waals surface area contributed by atoms with Crippen LogP contribution < -0.4 is 4.90 Å². The van der Waals surface area contributed by atoms with Gasteiger partial charge in [0.05, 0.1) is 0 Å². The lowest BCUT2D eigenvalue weighted by atomic mass is 10.3. The predicted octanol–water partition coefficient (Wildman–Crippen LogP) is 3.63. The van der Waals surface area contributed by atoms with Crippen molar-refractivity contribution < 1.29 is 0 Å². The second-order valence-corrected chi connectivity index (χ2v) is 4.92. The van der Waals surface area contributed by atoms with Gasteiger partial charge in [-0.2, -0.15) is 0 Å². The summed E-state index contributed by atoms with van der Waals surface area (Å²) in [6.45, 7) is 3.08. The van der Waals surface area contributed by atoms with Gasteiger partial charge in [0.15, 0.2) is 0 Å². The van der Waals surface area contributed by atoms with E-state index in [2.05, 4.69) is 68.6 Å². The van der Waals surface area contributed by atoms with Crippen molar-refractivity contribution in [3.63, 3.8) is 0 Å². The molecule has 1 aromatic heterocycles. The highest BCUT2D eigenvalue weighted by molar-refractivity contribution is 14.1. The Morgan fingerprint density at radius 1 is 1.12 bits per heavy atom. The van der Waals surface area contributed by atoms with Crippen LogP contribution in [-0.2, 0) is 0 Å². The summed E-state index contributed by atoms with van der Waals surface area (Å²) in [5.41, 5.74) is 1.14. The molecule has 0 aliphatic rings. The minimum absolute atomic E-state index is 0.760. The van der Waals surface area contributed by atoms with E-state index < -0.39 is 0 Å². The molecule has 0 unspecified atom stereocenters. The Morgan fingerprint density at radius 2 is 1.76 bits per heavy atom. The molecule has 4 heteroatoms. The minimum atomic E-state index is 0.760. The number of benzene rings is 1. The summed E-state index contributed by atoms with van der Waals surface area (Å²) in [6, 6.07) is 10.2. The second kappa shape index (κ2) is 5.95. The van der Waals surface area contributed by atoms with Crippen LogP contribution in [0.1, 0.15) is 13.3 Å². The quantitative estimate of drug-likeness (QED) is 0.797. The zero-order valence-corrected chi connectivity index (χ0v) is 11.8. The van der Waals surface area contributed by atoms with Crippen LogP contribution in [0.25, 0.3) is 0 Å². The Labute approximate surface area is 115 Å². The molecular formula is C13H14IN3. The monoisotopic (exact) mass is 339 g/mol. The molecule has 0 saturated carbocycles. The molecule has 0 N–H and O–H groups in total. The molecule has 1 aromatic carbocycles. The maximum absolute atomic E-state index is 4.31. The van der Waals surface area contributed by atoms with Gasteiger partial charge in [-0.1, -0.05) is 6.92 Å². The van der Waals surface area contributed by atoms with Crippen LogP contribution in [0.4, 0.5) is 11.6 Å². The maximum Gasteiger partial charge on any atom is 0.229 e. The fourth-order valence-electron chi connectivity index (χ4n) is 1.62. The van der Waals surface area contributed by atoms with E-state index in [1.165, 1.54) is 3.57 Å². The Hall–Kier alpha value is -1.17. The maximum atomic E-state index is 4.31. The number of nitrogens with zero attached hydrogens (tertiary/aromatic N) is 3. The van der Waals surface area contributed by atoms with Crippen molar-refractivity contribution in [1.82, 2.24) is 9.97 Å². The van der Waals surface area contributed by atoms with Crippen LogP contribution in [0.5, 0.6) is 0 Å². The van der Waals surface area contributed by atoms with Gasteiger partial charge in [-0.3, -0.25) is 0 Å². The van der Waals surface area contributed by atoms with Crippen molar-refractivity contribution in [2.75, 3.05) is 11.4 Å². The molecule has 0 atom stereocenters. The van der Waals surface area contributed by atoms with E-state index in [0.717, 1.165) is 24.6 Å². The summed E-state index contributed by atoms with van der Waals surface area (Å²) < 4.78 is 1.23. The first kappa shape index (κ1) is 12.3. The van der Waals surface area contributed by atoms with Crippen molar-refractivity contribution in [2.45, 2.75) is 13.3 Å². The van der Waals surface area contributed by atoms with Crippen molar-refractivity contribution in [3.8, 4) is 0 Å². The lowest BCUT2D eigenvalue weighted by Crippen LogP contribution is -2.20. The summed E-state index contributed by atoms with van der Waals surface area (Å²) in [5.74, 6) is 0.760. The van der Waals surface area contributed by atoms with E-state index in [9.17, 15) is 0 Å². The fraction of sp³-hybridized carbons (Fsp3) is 0.231. The largest absolute Gasteiger partial charge is 0.311 e. The molecule has 0 aliphatic heterocycles. The Bertz CT molecular complexity index is 456. The molecule has 88 valence electrons. The van der Waals surface area contributed by atoms with Gasteiger partial charge in [0.2, 0.25) is 5.95 Å². The van der Waals surface area contributed by atoms with Gasteiger partial charge in [-0.25, -0.2) is 9.97 Å². The number of hydrogen-bond acceptors (Lipinski definition) is 3. The van der Waals surface area contributed by atoms with E-state index in [1.54, 1.807) is 12.4 Å². The lowest BCUT2D eigenvalue weighted by Gasteiger charge is -2.21. The van der Waals surface area contributed by atoms with Crippen LogP contribution in [0.3, 0.4) is 0 Å². The third-order valence-corrected chi connectivity index (χ3v) is 3.10. The minimum Gasteiger partial charge on any atom is -0.311 e. The van der Waals surface area contributed by atoms with E-state index >= 15 is 0 Å². The summed E-state index contributed by atoms with van der Waals surface area (Å²) >= 11 is 2.31. The number of anilines is 2. The van der Waals surface area contributed by atoms with Gasteiger partial charge in [-0.15, -0.1) is 0 Å². The SMILES string of the molecule is CCCN(c1ccc(I)cc1)c1ncccn1. The molecule has 0 aliphatic carbocycles. The highest BCUT2D eigenvalue weighted by Crippen LogP contribution is 2.22. The van der Waals surface area contributed by atoms with Crippen LogP contribution in [0, 0.1) is 3.57 Å². The first-order valence-corrected chi connectivity index (χ1v) is 6.69. The third-order valence-electron chi connectivity index (χ3n) is 2.38. The Morgan fingerprint density at radius 3 is 2.35 bits per heavy atom. The first-order chi connectivity index (χ1) is 8.31. The highest BCUT2D eigenvalue weighted by atomic mass is 127. The summed E-state index contributed by atoms with van der Waals surface area (Å²) in [5, 5.41) is 0.